The first-order valence-corrected chi connectivity index (χ1v) is 4.51. The summed E-state index contributed by atoms with van der Waals surface area (Å²) in [5.41, 5.74) is 1.16. The lowest BCUT2D eigenvalue weighted by Gasteiger charge is -2.22. The zero-order chi connectivity index (χ0) is 9.26. The van der Waals surface area contributed by atoms with Gasteiger partial charge in [0.25, 0.3) is 0 Å². The summed E-state index contributed by atoms with van der Waals surface area (Å²) in [6, 6.07) is 2.03. The van der Waals surface area contributed by atoms with E-state index >= 15 is 0 Å². The number of aryl methyl sites for hydroxylation is 1. The van der Waals surface area contributed by atoms with Gasteiger partial charge in [-0.15, -0.1) is 0 Å². The van der Waals surface area contributed by atoms with Crippen LogP contribution in [0, 0.1) is 0 Å². The molecule has 0 fully saturated rings. The first kappa shape index (κ1) is 8.29. The molecule has 0 aliphatic carbocycles. The average Bonchev–Trinajstić information content (AvgIpc) is 2.51. The second-order valence-electron chi connectivity index (χ2n) is 3.41. The van der Waals surface area contributed by atoms with Crippen molar-refractivity contribution in [1.82, 2.24) is 9.78 Å². The van der Waals surface area contributed by atoms with Crippen LogP contribution in [0.15, 0.2) is 12.3 Å². The molecule has 1 unspecified atom stereocenters. The molecule has 0 spiro atoms. The standard InChI is InChI=1S/C9H12N2O2/c12-9(13)6-8-3-1-2-7-4-5-10-11(7)8/h4-5,8H,1-3,6H2,(H,12,13). The van der Waals surface area contributed by atoms with Crippen LogP contribution in [0.1, 0.15) is 31.0 Å². The maximum atomic E-state index is 10.6. The van der Waals surface area contributed by atoms with Crippen molar-refractivity contribution in [3.8, 4) is 0 Å². The summed E-state index contributed by atoms with van der Waals surface area (Å²) in [6.45, 7) is 0. The summed E-state index contributed by atoms with van der Waals surface area (Å²) in [5.74, 6) is -0.742. The Hall–Kier alpha value is -1.32. The molecule has 0 radical (unpaired) electrons. The van der Waals surface area contributed by atoms with Crippen LogP contribution < -0.4 is 0 Å². The predicted molar refractivity (Wildman–Crippen MR) is 46.5 cm³/mol. The first-order chi connectivity index (χ1) is 6.27. The second-order valence-corrected chi connectivity index (χ2v) is 3.41. The third-order valence-electron chi connectivity index (χ3n) is 2.48. The van der Waals surface area contributed by atoms with Gasteiger partial charge in [-0.2, -0.15) is 5.10 Å². The lowest BCUT2D eigenvalue weighted by molar-refractivity contribution is -0.138. The highest BCUT2D eigenvalue weighted by atomic mass is 16.4. The molecule has 1 N–H and O–H groups in total. The Bertz CT molecular complexity index is 319. The van der Waals surface area contributed by atoms with E-state index in [1.165, 1.54) is 0 Å². The van der Waals surface area contributed by atoms with Crippen molar-refractivity contribution in [2.45, 2.75) is 31.7 Å². The monoisotopic (exact) mass is 180 g/mol. The minimum Gasteiger partial charge on any atom is -0.481 e. The first-order valence-electron chi connectivity index (χ1n) is 4.51. The summed E-state index contributed by atoms with van der Waals surface area (Å²) in [5, 5.41) is 12.8. The molecule has 0 aromatic carbocycles. The van der Waals surface area contributed by atoms with Gasteiger partial charge in [-0.1, -0.05) is 0 Å². The van der Waals surface area contributed by atoms with Gasteiger partial charge < -0.3 is 5.11 Å². The maximum absolute atomic E-state index is 10.6. The van der Waals surface area contributed by atoms with Crippen molar-refractivity contribution >= 4 is 5.97 Å². The SMILES string of the molecule is O=C(O)CC1CCCc2ccnn21. The van der Waals surface area contributed by atoms with Gasteiger partial charge in [-0.05, 0) is 25.3 Å². The molecule has 0 amide bonds. The zero-order valence-electron chi connectivity index (χ0n) is 7.31. The van der Waals surface area contributed by atoms with E-state index in [-0.39, 0.29) is 12.5 Å². The number of rotatable bonds is 2. The van der Waals surface area contributed by atoms with Crippen molar-refractivity contribution in [3.05, 3.63) is 18.0 Å². The summed E-state index contributed by atoms with van der Waals surface area (Å²) < 4.78 is 1.86. The third kappa shape index (κ3) is 1.56. The average molecular weight is 180 g/mol. The molecular weight excluding hydrogens is 168 g/mol. The summed E-state index contributed by atoms with van der Waals surface area (Å²) in [6.07, 6.45) is 4.96. The quantitative estimate of drug-likeness (QED) is 0.744. The van der Waals surface area contributed by atoms with Crippen LogP contribution in [0.25, 0.3) is 0 Å². The molecule has 1 atom stereocenters. The van der Waals surface area contributed by atoms with Gasteiger partial charge in [0.05, 0.1) is 12.5 Å². The van der Waals surface area contributed by atoms with Crippen LogP contribution in [0.5, 0.6) is 0 Å². The Morgan fingerprint density at radius 1 is 1.77 bits per heavy atom. The van der Waals surface area contributed by atoms with Crippen LogP contribution in [0.3, 0.4) is 0 Å². The van der Waals surface area contributed by atoms with E-state index in [0.29, 0.717) is 0 Å². The Kier molecular flexibility index (Phi) is 2.04. The molecule has 70 valence electrons. The summed E-state index contributed by atoms with van der Waals surface area (Å²) in [7, 11) is 0. The van der Waals surface area contributed by atoms with Crippen LogP contribution >= 0.6 is 0 Å². The van der Waals surface area contributed by atoms with Crippen LogP contribution in [0.4, 0.5) is 0 Å². The van der Waals surface area contributed by atoms with Crippen molar-refractivity contribution in [3.63, 3.8) is 0 Å². The topological polar surface area (TPSA) is 55.1 Å². The molecule has 1 aromatic heterocycles. The van der Waals surface area contributed by atoms with Crippen LogP contribution in [-0.2, 0) is 11.2 Å². The molecule has 13 heavy (non-hydrogen) atoms. The van der Waals surface area contributed by atoms with Gasteiger partial charge in [0.2, 0.25) is 0 Å². The lowest BCUT2D eigenvalue weighted by atomic mass is 10.0. The Morgan fingerprint density at radius 3 is 3.38 bits per heavy atom. The van der Waals surface area contributed by atoms with E-state index in [1.807, 2.05) is 10.7 Å². The molecule has 2 rings (SSSR count). The van der Waals surface area contributed by atoms with E-state index in [4.69, 9.17) is 5.11 Å². The molecule has 0 saturated heterocycles. The number of aromatic nitrogens is 2. The van der Waals surface area contributed by atoms with Crippen molar-refractivity contribution in [2.24, 2.45) is 0 Å². The molecular formula is C9H12N2O2. The smallest absolute Gasteiger partial charge is 0.305 e. The van der Waals surface area contributed by atoms with Gasteiger partial charge in [-0.25, -0.2) is 0 Å². The third-order valence-corrected chi connectivity index (χ3v) is 2.48. The minimum absolute atomic E-state index is 0.0660. The van der Waals surface area contributed by atoms with Crippen LogP contribution in [0.2, 0.25) is 0 Å². The van der Waals surface area contributed by atoms with E-state index in [9.17, 15) is 4.79 Å². The zero-order valence-corrected chi connectivity index (χ0v) is 7.31. The fourth-order valence-corrected chi connectivity index (χ4v) is 1.90. The highest BCUT2D eigenvalue weighted by molar-refractivity contribution is 5.67. The van der Waals surface area contributed by atoms with Gasteiger partial charge in [-0.3, -0.25) is 9.48 Å². The molecule has 0 saturated carbocycles. The van der Waals surface area contributed by atoms with Crippen molar-refractivity contribution in [2.75, 3.05) is 0 Å². The number of hydrogen-bond donors (Lipinski definition) is 1. The number of nitrogens with zero attached hydrogens (tertiary/aromatic N) is 2. The summed E-state index contributed by atoms with van der Waals surface area (Å²) in [4.78, 5) is 10.6. The largest absolute Gasteiger partial charge is 0.481 e. The molecule has 2 heterocycles. The lowest BCUT2D eigenvalue weighted by Crippen LogP contribution is -2.21. The van der Waals surface area contributed by atoms with Gasteiger partial charge in [0, 0.05) is 11.9 Å². The minimum atomic E-state index is -0.742. The van der Waals surface area contributed by atoms with Gasteiger partial charge in [0.15, 0.2) is 0 Å². The van der Waals surface area contributed by atoms with E-state index < -0.39 is 5.97 Å². The molecule has 1 aromatic rings. The van der Waals surface area contributed by atoms with E-state index in [2.05, 4.69) is 5.10 Å². The number of hydrogen-bond acceptors (Lipinski definition) is 2. The number of carbonyl (C=O) groups is 1. The highest BCUT2D eigenvalue weighted by Crippen LogP contribution is 2.25. The van der Waals surface area contributed by atoms with E-state index in [0.717, 1.165) is 25.0 Å². The second kappa shape index (κ2) is 3.20. The number of carboxylic acids is 1. The Labute approximate surface area is 76.2 Å². The van der Waals surface area contributed by atoms with E-state index in [1.54, 1.807) is 6.20 Å². The Morgan fingerprint density at radius 2 is 2.62 bits per heavy atom. The summed E-state index contributed by atoms with van der Waals surface area (Å²) >= 11 is 0. The normalized spacial score (nSPS) is 21.1. The number of fused-ring (bicyclic) bond motifs is 1. The molecule has 1 aliphatic heterocycles. The van der Waals surface area contributed by atoms with Gasteiger partial charge in [0.1, 0.15) is 0 Å². The number of carboxylic acid groups (broad SMARTS) is 1. The molecule has 1 aliphatic rings. The number of aliphatic carboxylic acids is 1. The molecule has 0 bridgehead atoms. The van der Waals surface area contributed by atoms with Crippen molar-refractivity contribution in [1.29, 1.82) is 0 Å². The molecule has 4 nitrogen and oxygen atoms in total. The Balaban J connectivity index is 2.20. The maximum Gasteiger partial charge on any atom is 0.305 e. The van der Waals surface area contributed by atoms with Crippen molar-refractivity contribution < 1.29 is 9.90 Å². The molecule has 4 heteroatoms. The highest BCUT2D eigenvalue weighted by Gasteiger charge is 2.21. The fourth-order valence-electron chi connectivity index (χ4n) is 1.90. The van der Waals surface area contributed by atoms with Crippen LogP contribution in [-0.4, -0.2) is 20.9 Å². The van der Waals surface area contributed by atoms with Gasteiger partial charge >= 0.3 is 5.97 Å². The fraction of sp³-hybridized carbons (Fsp3) is 0.556. The predicted octanol–water partition coefficient (Wildman–Crippen LogP) is 1.24.